The molecule has 1 aliphatic rings. The molecule has 1 amide bonds. The van der Waals surface area contributed by atoms with Gasteiger partial charge in [-0.15, -0.1) is 21.5 Å². The Bertz CT molecular complexity index is 1030. The van der Waals surface area contributed by atoms with Crippen molar-refractivity contribution in [3.8, 4) is 11.3 Å². The van der Waals surface area contributed by atoms with Crippen LogP contribution < -0.4 is 10.2 Å². The number of nitrogens with one attached hydrogen (secondary N) is 1. The van der Waals surface area contributed by atoms with Crippen molar-refractivity contribution in [2.24, 2.45) is 5.92 Å². The van der Waals surface area contributed by atoms with Gasteiger partial charge in [-0.05, 0) is 44.0 Å². The lowest BCUT2D eigenvalue weighted by Crippen LogP contribution is -2.38. The predicted molar refractivity (Wildman–Crippen MR) is 117 cm³/mol. The Balaban J connectivity index is 1.30. The number of carbonyl (C=O) groups excluding carboxylic acids is 2. The molecule has 1 N–H and O–H groups in total. The van der Waals surface area contributed by atoms with Crippen molar-refractivity contribution < 1.29 is 14.3 Å². The van der Waals surface area contributed by atoms with E-state index in [1.807, 2.05) is 24.3 Å². The number of thiazole rings is 1. The SMILES string of the molecule is CCOC(=O)c1csc(NC(=O)C2CCN(c3ccc(-c4ccncc4)nn3)CC2)n1. The maximum Gasteiger partial charge on any atom is 0.357 e. The molecule has 0 aromatic carbocycles. The molecule has 3 aromatic rings. The molecule has 0 aliphatic carbocycles. The highest BCUT2D eigenvalue weighted by atomic mass is 32.1. The summed E-state index contributed by atoms with van der Waals surface area (Å²) >= 11 is 1.22. The summed E-state index contributed by atoms with van der Waals surface area (Å²) in [7, 11) is 0. The second-order valence-corrected chi connectivity index (χ2v) is 7.88. The van der Waals surface area contributed by atoms with Crippen LogP contribution in [0.5, 0.6) is 0 Å². The number of piperidine rings is 1. The molecular weight excluding hydrogens is 416 g/mol. The molecular formula is C21H22N6O3S. The molecule has 1 aliphatic heterocycles. The minimum Gasteiger partial charge on any atom is -0.461 e. The Hall–Kier alpha value is -3.40. The lowest BCUT2D eigenvalue weighted by Gasteiger charge is -2.31. The summed E-state index contributed by atoms with van der Waals surface area (Å²) in [5.74, 6) is 0.123. The average molecular weight is 439 g/mol. The average Bonchev–Trinajstić information content (AvgIpc) is 3.29. The van der Waals surface area contributed by atoms with Crippen molar-refractivity contribution in [2.45, 2.75) is 19.8 Å². The first-order valence-electron chi connectivity index (χ1n) is 10.1. The smallest absolute Gasteiger partial charge is 0.357 e. The third kappa shape index (κ3) is 5.02. The third-order valence-electron chi connectivity index (χ3n) is 5.04. The molecule has 160 valence electrons. The van der Waals surface area contributed by atoms with Gasteiger partial charge in [-0.3, -0.25) is 9.78 Å². The molecule has 0 spiro atoms. The number of pyridine rings is 1. The van der Waals surface area contributed by atoms with Crippen LogP contribution in [0.3, 0.4) is 0 Å². The summed E-state index contributed by atoms with van der Waals surface area (Å²) in [5, 5.41) is 13.5. The standard InChI is InChI=1S/C21H22N6O3S/c1-2-30-20(29)17-13-31-21(23-17)24-19(28)15-7-11-27(12-8-15)18-4-3-16(25-26-18)14-5-9-22-10-6-14/h3-6,9-10,13,15H,2,7-8,11-12H2,1H3,(H,23,24,28). The van der Waals surface area contributed by atoms with Gasteiger partial charge in [0.05, 0.1) is 12.3 Å². The Morgan fingerprint density at radius 2 is 1.94 bits per heavy atom. The lowest BCUT2D eigenvalue weighted by atomic mass is 9.96. The zero-order valence-electron chi connectivity index (χ0n) is 17.0. The molecule has 0 unspecified atom stereocenters. The summed E-state index contributed by atoms with van der Waals surface area (Å²) in [6, 6.07) is 7.69. The van der Waals surface area contributed by atoms with Crippen molar-refractivity contribution in [2.75, 3.05) is 29.9 Å². The van der Waals surface area contributed by atoms with E-state index in [-0.39, 0.29) is 24.1 Å². The van der Waals surface area contributed by atoms with Crippen molar-refractivity contribution in [1.29, 1.82) is 0 Å². The number of hydrogen-bond acceptors (Lipinski definition) is 9. The first-order chi connectivity index (χ1) is 15.1. The summed E-state index contributed by atoms with van der Waals surface area (Å²) < 4.78 is 4.92. The first kappa shape index (κ1) is 20.9. The fourth-order valence-corrected chi connectivity index (χ4v) is 4.06. The molecule has 4 heterocycles. The number of hydrogen-bond donors (Lipinski definition) is 1. The fourth-order valence-electron chi connectivity index (χ4n) is 3.38. The molecule has 31 heavy (non-hydrogen) atoms. The number of esters is 1. The van der Waals surface area contributed by atoms with Crippen LogP contribution in [0.1, 0.15) is 30.3 Å². The van der Waals surface area contributed by atoms with Gasteiger partial charge < -0.3 is 15.0 Å². The van der Waals surface area contributed by atoms with E-state index < -0.39 is 5.97 Å². The van der Waals surface area contributed by atoms with Crippen molar-refractivity contribution in [3.05, 3.63) is 47.7 Å². The molecule has 9 nitrogen and oxygen atoms in total. The number of aromatic nitrogens is 4. The monoisotopic (exact) mass is 438 g/mol. The van der Waals surface area contributed by atoms with E-state index in [9.17, 15) is 9.59 Å². The Labute approximate surface area is 183 Å². The fraction of sp³-hybridized carbons (Fsp3) is 0.333. The van der Waals surface area contributed by atoms with Gasteiger partial charge >= 0.3 is 5.97 Å². The zero-order valence-corrected chi connectivity index (χ0v) is 17.8. The van der Waals surface area contributed by atoms with Crippen LogP contribution in [0, 0.1) is 5.92 Å². The van der Waals surface area contributed by atoms with Gasteiger partial charge in [0.1, 0.15) is 0 Å². The third-order valence-corrected chi connectivity index (χ3v) is 5.79. The molecule has 0 saturated carbocycles. The van der Waals surface area contributed by atoms with Crippen molar-refractivity contribution in [3.63, 3.8) is 0 Å². The highest BCUT2D eigenvalue weighted by Gasteiger charge is 2.26. The normalized spacial score (nSPS) is 14.3. The van der Waals surface area contributed by atoms with Gasteiger partial charge in [-0.2, -0.15) is 0 Å². The molecule has 1 saturated heterocycles. The maximum absolute atomic E-state index is 12.6. The zero-order chi connectivity index (χ0) is 21.6. The van der Waals surface area contributed by atoms with Gasteiger partial charge in [0.2, 0.25) is 5.91 Å². The largest absolute Gasteiger partial charge is 0.461 e. The van der Waals surface area contributed by atoms with Crippen LogP contribution in [-0.4, -0.2) is 51.7 Å². The van der Waals surface area contributed by atoms with Crippen LogP contribution in [0.25, 0.3) is 11.3 Å². The van der Waals surface area contributed by atoms with E-state index in [1.165, 1.54) is 11.3 Å². The summed E-state index contributed by atoms with van der Waals surface area (Å²) in [6.45, 7) is 3.45. The Morgan fingerprint density at radius 3 is 2.61 bits per heavy atom. The van der Waals surface area contributed by atoms with Crippen LogP contribution >= 0.6 is 11.3 Å². The van der Waals surface area contributed by atoms with Crippen LogP contribution in [0.15, 0.2) is 42.0 Å². The van der Waals surface area contributed by atoms with E-state index >= 15 is 0 Å². The summed E-state index contributed by atoms with van der Waals surface area (Å²) in [6.07, 6.45) is 4.86. The second kappa shape index (κ2) is 9.61. The molecule has 10 heteroatoms. The summed E-state index contributed by atoms with van der Waals surface area (Å²) in [4.78, 5) is 34.6. The Morgan fingerprint density at radius 1 is 1.16 bits per heavy atom. The van der Waals surface area contributed by atoms with Crippen LogP contribution in [-0.2, 0) is 9.53 Å². The van der Waals surface area contributed by atoms with Gasteiger partial charge in [0, 0.05) is 42.3 Å². The number of anilines is 2. The number of rotatable bonds is 6. The molecule has 4 rings (SSSR count). The van der Waals surface area contributed by atoms with Gasteiger partial charge in [0.15, 0.2) is 16.6 Å². The van der Waals surface area contributed by atoms with Crippen LogP contribution in [0.2, 0.25) is 0 Å². The van der Waals surface area contributed by atoms with Crippen LogP contribution in [0.4, 0.5) is 10.9 Å². The molecule has 0 radical (unpaired) electrons. The molecule has 0 bridgehead atoms. The van der Waals surface area contributed by atoms with E-state index in [2.05, 4.69) is 30.4 Å². The minimum absolute atomic E-state index is 0.0801. The van der Waals surface area contributed by atoms with Gasteiger partial charge in [-0.25, -0.2) is 9.78 Å². The number of amides is 1. The Kier molecular flexibility index (Phi) is 6.46. The van der Waals surface area contributed by atoms with Gasteiger partial charge in [0.25, 0.3) is 0 Å². The molecule has 0 atom stereocenters. The highest BCUT2D eigenvalue weighted by molar-refractivity contribution is 7.14. The quantitative estimate of drug-likeness (QED) is 0.585. The van der Waals surface area contributed by atoms with E-state index in [1.54, 1.807) is 24.7 Å². The maximum atomic E-state index is 12.6. The first-order valence-corrected chi connectivity index (χ1v) is 10.9. The van der Waals surface area contributed by atoms with Gasteiger partial charge in [-0.1, -0.05) is 0 Å². The highest BCUT2D eigenvalue weighted by Crippen LogP contribution is 2.25. The minimum atomic E-state index is -0.483. The van der Waals surface area contributed by atoms with Crippen molar-refractivity contribution in [1.82, 2.24) is 20.2 Å². The number of carbonyl (C=O) groups is 2. The predicted octanol–water partition coefficient (Wildman–Crippen LogP) is 3.03. The molecule has 1 fully saturated rings. The summed E-state index contributed by atoms with van der Waals surface area (Å²) in [5.41, 5.74) is 1.98. The second-order valence-electron chi connectivity index (χ2n) is 7.02. The topological polar surface area (TPSA) is 110 Å². The number of nitrogens with zero attached hydrogens (tertiary/aromatic N) is 5. The molecule has 3 aromatic heterocycles. The lowest BCUT2D eigenvalue weighted by molar-refractivity contribution is -0.120. The van der Waals surface area contributed by atoms with E-state index in [0.29, 0.717) is 31.1 Å². The van der Waals surface area contributed by atoms with E-state index in [0.717, 1.165) is 17.1 Å². The number of ether oxygens (including phenoxy) is 1. The van der Waals surface area contributed by atoms with E-state index in [4.69, 9.17) is 4.74 Å². The van der Waals surface area contributed by atoms with Crippen molar-refractivity contribution >= 4 is 34.2 Å².